The molecule has 0 aliphatic carbocycles. The monoisotopic (exact) mass is 473 g/mol. The fourth-order valence-corrected chi connectivity index (χ4v) is 4.03. The third kappa shape index (κ3) is 5.11. The van der Waals surface area contributed by atoms with Crippen molar-refractivity contribution in [2.24, 2.45) is 5.14 Å². The predicted octanol–water partition coefficient (Wildman–Crippen LogP) is 3.85. The highest BCUT2D eigenvalue weighted by molar-refractivity contribution is 7.89. The highest BCUT2D eigenvalue weighted by Gasteiger charge is 2.14. The Morgan fingerprint density at radius 1 is 1.09 bits per heavy atom. The smallest absolute Gasteiger partial charge is 0.248 e. The number of nitrogens with zero attached hydrogens (tertiary/aromatic N) is 3. The van der Waals surface area contributed by atoms with Gasteiger partial charge in [0.2, 0.25) is 15.9 Å². The van der Waals surface area contributed by atoms with Crippen molar-refractivity contribution in [2.45, 2.75) is 18.7 Å². The topological polar surface area (TPSA) is 120 Å². The second-order valence-electron chi connectivity index (χ2n) is 7.74. The van der Waals surface area contributed by atoms with Gasteiger partial charge in [-0.2, -0.15) is 5.10 Å². The van der Waals surface area contributed by atoms with Crippen molar-refractivity contribution in [2.75, 3.05) is 5.32 Å². The molecule has 0 aliphatic heterocycles. The Morgan fingerprint density at radius 2 is 1.85 bits per heavy atom. The Morgan fingerprint density at radius 3 is 2.53 bits per heavy atom. The number of rotatable bonds is 6. The van der Waals surface area contributed by atoms with Crippen LogP contribution in [0.4, 0.5) is 5.69 Å². The number of pyridine rings is 1. The van der Waals surface area contributed by atoms with Gasteiger partial charge in [-0.3, -0.25) is 9.78 Å². The Labute approximate surface area is 197 Å². The number of aryl methyl sites for hydroxylation is 1. The van der Waals surface area contributed by atoms with Crippen LogP contribution in [0.1, 0.15) is 16.7 Å². The SMILES string of the molecule is Cc1cc(S(N)(=O)=O)cc(NC(=O)/C=C/c2cn(-c3ccccc3)nc2-c2cccnc2)c1C. The van der Waals surface area contributed by atoms with E-state index < -0.39 is 15.9 Å². The lowest BCUT2D eigenvalue weighted by molar-refractivity contribution is -0.111. The number of nitrogens with two attached hydrogens (primary N) is 1. The number of amides is 1. The van der Waals surface area contributed by atoms with Crippen LogP contribution in [0.2, 0.25) is 0 Å². The second kappa shape index (κ2) is 9.42. The molecule has 1 amide bonds. The van der Waals surface area contributed by atoms with Crippen LogP contribution in [0, 0.1) is 13.8 Å². The fraction of sp³-hybridized carbons (Fsp3) is 0.0800. The van der Waals surface area contributed by atoms with E-state index in [4.69, 9.17) is 10.2 Å². The Kier molecular flexibility index (Phi) is 6.40. The van der Waals surface area contributed by atoms with E-state index in [9.17, 15) is 13.2 Å². The van der Waals surface area contributed by atoms with Gasteiger partial charge in [0.25, 0.3) is 0 Å². The number of nitrogens with one attached hydrogen (secondary N) is 1. The summed E-state index contributed by atoms with van der Waals surface area (Å²) in [7, 11) is -3.90. The molecular weight excluding hydrogens is 450 g/mol. The third-order valence-corrected chi connectivity index (χ3v) is 6.23. The first-order valence-corrected chi connectivity index (χ1v) is 12.0. The Balaban J connectivity index is 1.66. The molecule has 0 radical (unpaired) electrons. The number of carbonyl (C=O) groups is 1. The van der Waals surface area contributed by atoms with Crippen LogP contribution in [0.3, 0.4) is 0 Å². The first-order valence-electron chi connectivity index (χ1n) is 10.4. The maximum Gasteiger partial charge on any atom is 0.248 e. The van der Waals surface area contributed by atoms with Crippen molar-refractivity contribution in [3.63, 3.8) is 0 Å². The van der Waals surface area contributed by atoms with Gasteiger partial charge in [0, 0.05) is 41.5 Å². The van der Waals surface area contributed by atoms with E-state index in [2.05, 4.69) is 10.3 Å². The third-order valence-electron chi connectivity index (χ3n) is 5.34. The number of anilines is 1. The zero-order chi connectivity index (χ0) is 24.3. The summed E-state index contributed by atoms with van der Waals surface area (Å²) in [6.45, 7) is 3.56. The van der Waals surface area contributed by atoms with Gasteiger partial charge in [-0.15, -0.1) is 0 Å². The molecule has 0 bridgehead atoms. The molecule has 34 heavy (non-hydrogen) atoms. The molecule has 0 aliphatic rings. The molecule has 9 heteroatoms. The summed E-state index contributed by atoms with van der Waals surface area (Å²) in [4.78, 5) is 16.8. The van der Waals surface area contributed by atoms with E-state index in [1.807, 2.05) is 48.7 Å². The molecule has 0 spiro atoms. The van der Waals surface area contributed by atoms with Gasteiger partial charge in [-0.25, -0.2) is 18.2 Å². The molecule has 8 nitrogen and oxygen atoms in total. The number of primary sulfonamides is 1. The van der Waals surface area contributed by atoms with Gasteiger partial charge in [0.15, 0.2) is 0 Å². The maximum atomic E-state index is 12.7. The summed E-state index contributed by atoms with van der Waals surface area (Å²) in [6.07, 6.45) is 8.26. The molecule has 0 atom stereocenters. The van der Waals surface area contributed by atoms with E-state index in [1.54, 1.807) is 37.0 Å². The van der Waals surface area contributed by atoms with Crippen LogP contribution >= 0.6 is 0 Å². The predicted molar refractivity (Wildman–Crippen MR) is 132 cm³/mol. The minimum absolute atomic E-state index is 0.0575. The zero-order valence-corrected chi connectivity index (χ0v) is 19.5. The van der Waals surface area contributed by atoms with Crippen LogP contribution < -0.4 is 10.5 Å². The first kappa shape index (κ1) is 23.1. The normalized spacial score (nSPS) is 11.6. The van der Waals surface area contributed by atoms with E-state index >= 15 is 0 Å². The summed E-state index contributed by atoms with van der Waals surface area (Å²) in [5.74, 6) is -0.418. The van der Waals surface area contributed by atoms with Crippen LogP contribution in [0.25, 0.3) is 23.0 Å². The number of hydrogen-bond acceptors (Lipinski definition) is 5. The van der Waals surface area contributed by atoms with Crippen LogP contribution in [-0.4, -0.2) is 29.1 Å². The van der Waals surface area contributed by atoms with E-state index in [-0.39, 0.29) is 4.90 Å². The van der Waals surface area contributed by atoms with Crippen molar-refractivity contribution >= 4 is 27.7 Å². The van der Waals surface area contributed by atoms with Crippen LogP contribution in [0.5, 0.6) is 0 Å². The largest absolute Gasteiger partial charge is 0.322 e. The minimum Gasteiger partial charge on any atom is -0.322 e. The van der Waals surface area contributed by atoms with Gasteiger partial charge in [0.05, 0.1) is 10.6 Å². The number of sulfonamides is 1. The van der Waals surface area contributed by atoms with Crippen LogP contribution in [-0.2, 0) is 14.8 Å². The average molecular weight is 474 g/mol. The lowest BCUT2D eigenvalue weighted by atomic mass is 10.1. The van der Waals surface area contributed by atoms with Crippen molar-refractivity contribution in [3.05, 3.63) is 96.0 Å². The van der Waals surface area contributed by atoms with Gasteiger partial charge in [-0.1, -0.05) is 18.2 Å². The second-order valence-corrected chi connectivity index (χ2v) is 9.30. The van der Waals surface area contributed by atoms with Crippen LogP contribution in [0.15, 0.2) is 84.2 Å². The number of aromatic nitrogens is 3. The average Bonchev–Trinajstić information content (AvgIpc) is 3.25. The number of benzene rings is 2. The first-order chi connectivity index (χ1) is 16.2. The molecule has 0 saturated carbocycles. The van der Waals surface area contributed by atoms with Gasteiger partial charge in [0.1, 0.15) is 5.69 Å². The molecule has 3 N–H and O–H groups in total. The Bertz CT molecular complexity index is 1480. The molecule has 2 aromatic carbocycles. The highest BCUT2D eigenvalue weighted by Crippen LogP contribution is 2.25. The standard InChI is InChI=1S/C25H23N5O3S/c1-17-13-22(34(26,32)33)14-23(18(17)2)28-24(31)11-10-20-16-30(21-8-4-3-5-9-21)29-25(20)19-7-6-12-27-15-19/h3-16H,1-2H3,(H,28,31)(H2,26,32,33)/b11-10+. The molecular formula is C25H23N5O3S. The summed E-state index contributed by atoms with van der Waals surface area (Å²) < 4.78 is 25.3. The minimum atomic E-state index is -3.90. The molecule has 2 heterocycles. The summed E-state index contributed by atoms with van der Waals surface area (Å²) in [5, 5.41) is 12.7. The summed E-state index contributed by atoms with van der Waals surface area (Å²) >= 11 is 0. The Hall–Kier alpha value is -4.08. The van der Waals surface area contributed by atoms with Crippen molar-refractivity contribution < 1.29 is 13.2 Å². The lowest BCUT2D eigenvalue weighted by Gasteiger charge is -2.11. The molecule has 172 valence electrons. The number of hydrogen-bond donors (Lipinski definition) is 2. The molecule has 0 fully saturated rings. The van der Waals surface area contributed by atoms with E-state index in [0.717, 1.165) is 22.4 Å². The van der Waals surface area contributed by atoms with Crippen molar-refractivity contribution in [3.8, 4) is 16.9 Å². The molecule has 4 rings (SSSR count). The highest BCUT2D eigenvalue weighted by atomic mass is 32.2. The zero-order valence-electron chi connectivity index (χ0n) is 18.6. The molecule has 4 aromatic rings. The molecule has 0 unspecified atom stereocenters. The van der Waals surface area contributed by atoms with Gasteiger partial charge >= 0.3 is 0 Å². The molecule has 2 aromatic heterocycles. The summed E-state index contributed by atoms with van der Waals surface area (Å²) in [6, 6.07) is 16.2. The fourth-order valence-electron chi connectivity index (χ4n) is 3.41. The molecule has 0 saturated heterocycles. The number of carbonyl (C=O) groups excluding carboxylic acids is 1. The quantitative estimate of drug-likeness (QED) is 0.412. The van der Waals surface area contributed by atoms with Gasteiger partial charge in [-0.05, 0) is 67.4 Å². The number of para-hydroxylation sites is 1. The lowest BCUT2D eigenvalue weighted by Crippen LogP contribution is -2.15. The van der Waals surface area contributed by atoms with Gasteiger partial charge < -0.3 is 5.32 Å². The van der Waals surface area contributed by atoms with Crippen molar-refractivity contribution in [1.82, 2.24) is 14.8 Å². The maximum absolute atomic E-state index is 12.7. The van der Waals surface area contributed by atoms with E-state index in [1.165, 1.54) is 18.2 Å². The summed E-state index contributed by atoms with van der Waals surface area (Å²) in [5.41, 5.74) is 4.91. The van der Waals surface area contributed by atoms with E-state index in [0.29, 0.717) is 16.9 Å². The van der Waals surface area contributed by atoms with Crippen molar-refractivity contribution in [1.29, 1.82) is 0 Å².